The number of hydrogen-bond donors (Lipinski definition) is 2. The molecule has 6 heteroatoms. The molecular weight excluding hydrogens is 334 g/mol. The van der Waals surface area contributed by atoms with Crippen LogP contribution >= 0.6 is 11.3 Å². The predicted molar refractivity (Wildman–Crippen MR) is 101 cm³/mol. The Bertz CT molecular complexity index is 722. The molecule has 2 N–H and O–H groups in total. The number of rotatable bonds is 7. The first-order valence-corrected chi connectivity index (χ1v) is 9.33. The molecule has 132 valence electrons. The molecule has 1 heterocycles. The van der Waals surface area contributed by atoms with Gasteiger partial charge in [-0.05, 0) is 48.9 Å². The van der Waals surface area contributed by atoms with Gasteiger partial charge in [0, 0.05) is 19.1 Å². The van der Waals surface area contributed by atoms with E-state index in [1.807, 2.05) is 35.7 Å². The van der Waals surface area contributed by atoms with E-state index in [1.54, 1.807) is 18.4 Å². The van der Waals surface area contributed by atoms with Crippen molar-refractivity contribution in [2.75, 3.05) is 13.7 Å². The molecule has 1 amide bonds. The molecule has 2 aromatic rings. The second-order valence-electron chi connectivity index (χ2n) is 6.12. The summed E-state index contributed by atoms with van der Waals surface area (Å²) in [6.45, 7) is 2.16. The Labute approximate surface area is 152 Å². The second kappa shape index (κ2) is 8.16. The SMILES string of the molecule is CN=C(N[C@H](C)c1ccc(OCC(=O)NC2CC2)cc1)c1cccs1. The minimum Gasteiger partial charge on any atom is -0.484 e. The summed E-state index contributed by atoms with van der Waals surface area (Å²) in [5.41, 5.74) is 1.13. The Morgan fingerprint density at radius 3 is 2.68 bits per heavy atom. The van der Waals surface area contributed by atoms with Crippen molar-refractivity contribution in [3.63, 3.8) is 0 Å². The van der Waals surface area contributed by atoms with Gasteiger partial charge >= 0.3 is 0 Å². The van der Waals surface area contributed by atoms with Gasteiger partial charge in [-0.25, -0.2) is 0 Å². The molecule has 1 saturated carbocycles. The second-order valence-corrected chi connectivity index (χ2v) is 7.06. The minimum atomic E-state index is -0.0543. The lowest BCUT2D eigenvalue weighted by atomic mass is 10.1. The summed E-state index contributed by atoms with van der Waals surface area (Å²) < 4.78 is 5.54. The Kier molecular flexibility index (Phi) is 5.71. The van der Waals surface area contributed by atoms with E-state index >= 15 is 0 Å². The molecule has 0 radical (unpaired) electrons. The summed E-state index contributed by atoms with van der Waals surface area (Å²) in [6, 6.07) is 12.4. The number of amides is 1. The number of benzene rings is 1. The molecule has 1 aromatic heterocycles. The van der Waals surface area contributed by atoms with Gasteiger partial charge in [0.15, 0.2) is 6.61 Å². The van der Waals surface area contributed by atoms with Crippen molar-refractivity contribution >= 4 is 23.1 Å². The van der Waals surface area contributed by atoms with E-state index in [0.717, 1.165) is 29.1 Å². The number of hydrogen-bond acceptors (Lipinski definition) is 4. The van der Waals surface area contributed by atoms with E-state index < -0.39 is 0 Å². The molecule has 1 aliphatic carbocycles. The average molecular weight is 357 g/mol. The molecule has 0 spiro atoms. The molecule has 1 fully saturated rings. The lowest BCUT2D eigenvalue weighted by Crippen LogP contribution is -2.30. The highest BCUT2D eigenvalue weighted by Crippen LogP contribution is 2.20. The quantitative estimate of drug-likeness (QED) is 0.591. The van der Waals surface area contributed by atoms with E-state index in [9.17, 15) is 4.79 Å². The number of carbonyl (C=O) groups is 1. The van der Waals surface area contributed by atoms with Crippen LogP contribution in [0.1, 0.15) is 36.2 Å². The topological polar surface area (TPSA) is 62.7 Å². The molecule has 0 saturated heterocycles. The van der Waals surface area contributed by atoms with Crippen LogP contribution in [0.3, 0.4) is 0 Å². The van der Waals surface area contributed by atoms with Crippen LogP contribution < -0.4 is 15.4 Å². The maximum Gasteiger partial charge on any atom is 0.258 e. The normalized spacial score (nSPS) is 15.5. The first-order chi connectivity index (χ1) is 12.2. The van der Waals surface area contributed by atoms with Crippen LogP contribution in [0.5, 0.6) is 5.75 Å². The molecule has 5 nitrogen and oxygen atoms in total. The fourth-order valence-electron chi connectivity index (χ4n) is 2.45. The van der Waals surface area contributed by atoms with Crippen molar-refractivity contribution < 1.29 is 9.53 Å². The standard InChI is InChI=1S/C19H23N3O2S/c1-13(21-19(20-2)17-4-3-11-25-17)14-5-9-16(10-6-14)24-12-18(23)22-15-7-8-15/h3-6,9-11,13,15H,7-8,12H2,1-2H3,(H,20,21)(H,22,23)/t13-/m1/s1. The van der Waals surface area contributed by atoms with Gasteiger partial charge in [0.1, 0.15) is 11.6 Å². The van der Waals surface area contributed by atoms with Gasteiger partial charge < -0.3 is 15.4 Å². The lowest BCUT2D eigenvalue weighted by Gasteiger charge is -2.17. The molecule has 0 unspecified atom stereocenters. The molecule has 1 aromatic carbocycles. The monoisotopic (exact) mass is 357 g/mol. The zero-order chi connectivity index (χ0) is 17.6. The average Bonchev–Trinajstić information content (AvgIpc) is 3.27. The van der Waals surface area contributed by atoms with E-state index in [1.165, 1.54) is 0 Å². The molecular formula is C19H23N3O2S. The summed E-state index contributed by atoms with van der Waals surface area (Å²) in [5.74, 6) is 1.53. The van der Waals surface area contributed by atoms with Gasteiger partial charge in [0.2, 0.25) is 0 Å². The van der Waals surface area contributed by atoms with E-state index in [2.05, 4.69) is 28.6 Å². The third-order valence-electron chi connectivity index (χ3n) is 4.02. The first-order valence-electron chi connectivity index (χ1n) is 8.45. The number of carbonyl (C=O) groups excluding carboxylic acids is 1. The fourth-order valence-corrected chi connectivity index (χ4v) is 3.17. The Balaban J connectivity index is 1.53. The van der Waals surface area contributed by atoms with Crippen LogP contribution in [0, 0.1) is 0 Å². The summed E-state index contributed by atoms with van der Waals surface area (Å²) in [7, 11) is 1.79. The number of aliphatic imine (C=N–C) groups is 1. The van der Waals surface area contributed by atoms with Crippen LogP contribution in [-0.2, 0) is 4.79 Å². The number of thiophene rings is 1. The van der Waals surface area contributed by atoms with Crippen LogP contribution in [0.2, 0.25) is 0 Å². The third kappa shape index (κ3) is 5.06. The summed E-state index contributed by atoms with van der Waals surface area (Å²) >= 11 is 1.66. The van der Waals surface area contributed by atoms with Gasteiger partial charge in [-0.2, -0.15) is 0 Å². The molecule has 3 rings (SSSR count). The van der Waals surface area contributed by atoms with Gasteiger partial charge in [-0.3, -0.25) is 9.79 Å². The predicted octanol–water partition coefficient (Wildman–Crippen LogP) is 3.13. The van der Waals surface area contributed by atoms with Crippen molar-refractivity contribution in [1.82, 2.24) is 10.6 Å². The number of ether oxygens (including phenoxy) is 1. The van der Waals surface area contributed by atoms with Crippen LogP contribution in [0.15, 0.2) is 46.8 Å². The van der Waals surface area contributed by atoms with Crippen molar-refractivity contribution in [2.24, 2.45) is 4.99 Å². The maximum atomic E-state index is 11.7. The highest BCUT2D eigenvalue weighted by molar-refractivity contribution is 7.12. The molecule has 0 aliphatic heterocycles. The number of amidine groups is 1. The zero-order valence-electron chi connectivity index (χ0n) is 14.5. The van der Waals surface area contributed by atoms with Crippen LogP contribution in [0.25, 0.3) is 0 Å². The van der Waals surface area contributed by atoms with Gasteiger partial charge in [0.05, 0.1) is 4.88 Å². The van der Waals surface area contributed by atoms with Crippen molar-refractivity contribution in [2.45, 2.75) is 31.8 Å². The van der Waals surface area contributed by atoms with Gasteiger partial charge in [-0.1, -0.05) is 18.2 Å². The number of nitrogens with zero attached hydrogens (tertiary/aromatic N) is 1. The molecule has 1 atom stereocenters. The van der Waals surface area contributed by atoms with Crippen LogP contribution in [-0.4, -0.2) is 31.4 Å². The van der Waals surface area contributed by atoms with Gasteiger partial charge in [0.25, 0.3) is 5.91 Å². The van der Waals surface area contributed by atoms with E-state index in [0.29, 0.717) is 11.8 Å². The van der Waals surface area contributed by atoms with Gasteiger partial charge in [-0.15, -0.1) is 11.3 Å². The molecule has 1 aliphatic rings. The summed E-state index contributed by atoms with van der Waals surface area (Å²) in [6.07, 6.45) is 2.17. The van der Waals surface area contributed by atoms with Crippen molar-refractivity contribution in [3.8, 4) is 5.75 Å². The van der Waals surface area contributed by atoms with E-state index in [4.69, 9.17) is 4.74 Å². The Morgan fingerprint density at radius 2 is 2.08 bits per heavy atom. The highest BCUT2D eigenvalue weighted by atomic mass is 32.1. The lowest BCUT2D eigenvalue weighted by molar-refractivity contribution is -0.123. The zero-order valence-corrected chi connectivity index (χ0v) is 15.3. The summed E-state index contributed by atoms with van der Waals surface area (Å²) in [5, 5.41) is 8.39. The largest absolute Gasteiger partial charge is 0.484 e. The number of nitrogens with one attached hydrogen (secondary N) is 2. The maximum absolute atomic E-state index is 11.7. The molecule has 0 bridgehead atoms. The highest BCUT2D eigenvalue weighted by Gasteiger charge is 2.23. The van der Waals surface area contributed by atoms with Crippen molar-refractivity contribution in [1.29, 1.82) is 0 Å². The smallest absolute Gasteiger partial charge is 0.258 e. The minimum absolute atomic E-state index is 0.0543. The fraction of sp³-hybridized carbons (Fsp3) is 0.368. The Hall–Kier alpha value is -2.34. The Morgan fingerprint density at radius 1 is 1.32 bits per heavy atom. The van der Waals surface area contributed by atoms with Crippen LogP contribution in [0.4, 0.5) is 0 Å². The van der Waals surface area contributed by atoms with Crippen molar-refractivity contribution in [3.05, 3.63) is 52.2 Å². The summed E-state index contributed by atoms with van der Waals surface area (Å²) in [4.78, 5) is 17.1. The van der Waals surface area contributed by atoms with E-state index in [-0.39, 0.29) is 18.6 Å². The third-order valence-corrected chi connectivity index (χ3v) is 4.90. The first kappa shape index (κ1) is 17.5. The molecule has 25 heavy (non-hydrogen) atoms.